The van der Waals surface area contributed by atoms with Gasteiger partial charge in [0.05, 0.1) is 0 Å². The third kappa shape index (κ3) is 1410. The van der Waals surface area contributed by atoms with Crippen LogP contribution >= 0.6 is 0 Å². The van der Waals surface area contributed by atoms with E-state index in [0.717, 1.165) is 0 Å². The molecule has 0 aliphatic rings. The van der Waals surface area contributed by atoms with E-state index in [1.807, 2.05) is 0 Å². The van der Waals surface area contributed by atoms with Gasteiger partial charge < -0.3 is 58.6 Å². The van der Waals surface area contributed by atoms with E-state index < -0.39 is 27.5 Å². The van der Waals surface area contributed by atoms with Crippen molar-refractivity contribution in [2.45, 2.75) is 0 Å². The van der Waals surface area contributed by atoms with Crippen molar-refractivity contribution < 1.29 is 152 Å². The second-order valence-electron chi connectivity index (χ2n) is 0.750. The van der Waals surface area contributed by atoms with Gasteiger partial charge in [-0.1, -0.05) is 0 Å². The van der Waals surface area contributed by atoms with E-state index in [-0.39, 0.29) is 110 Å². The van der Waals surface area contributed by atoms with E-state index in [4.69, 9.17) is 42.2 Å². The maximum atomic E-state index is 8.52. The molecule has 0 N–H and O–H groups in total. The smallest absolute Gasteiger partial charge is 2.00 e. The van der Waals surface area contributed by atoms with Crippen LogP contribution in [0.4, 0.5) is 0 Å². The zero-order valence-corrected chi connectivity index (χ0v) is 13.4. The van der Waals surface area contributed by atoms with Crippen LogP contribution in [0.1, 0.15) is 0 Å². The fraction of sp³-hybridized carbons (Fsp3) is 0. The Kier molecular flexibility index (Phi) is 130. The summed E-state index contributed by atoms with van der Waals surface area (Å²) in [5.41, 5.74) is 0. The van der Waals surface area contributed by atoms with Gasteiger partial charge in [0.25, 0.3) is 0 Å². The fourth-order valence-corrected chi connectivity index (χ4v) is 0. The van der Waals surface area contributed by atoms with Gasteiger partial charge in [0.1, 0.15) is 0 Å². The minimum Gasteiger partial charge on any atom is -2.00 e. The van der Waals surface area contributed by atoms with Crippen molar-refractivity contribution in [2.75, 3.05) is 0 Å². The molecule has 0 fully saturated rings. The van der Waals surface area contributed by atoms with Gasteiger partial charge in [-0.2, -0.15) is 0 Å². The molecule has 0 atom stereocenters. The van der Waals surface area contributed by atoms with Crippen molar-refractivity contribution in [1.82, 2.24) is 0 Å². The summed E-state index contributed by atoms with van der Waals surface area (Å²) in [4.78, 5) is 51.1. The zero-order chi connectivity index (χ0) is 10.7. The van der Waals surface area contributed by atoms with Crippen molar-refractivity contribution in [3.8, 4) is 0 Å². The Morgan fingerprint density at radius 2 is 0.471 bits per heavy atom. The summed E-state index contributed by atoms with van der Waals surface area (Å²) in [6.07, 6.45) is 0. The van der Waals surface area contributed by atoms with Gasteiger partial charge in [-0.3, -0.25) is 0 Å². The van der Waals surface area contributed by atoms with Crippen LogP contribution in [0.2, 0.25) is 0 Å². The molecule has 0 aromatic rings. The number of hydrogen-bond acceptors (Lipinski definition) is 9. The second-order valence-corrected chi connectivity index (χ2v) is 2.25. The van der Waals surface area contributed by atoms with Crippen LogP contribution in [-0.4, -0.2) is 27.5 Å². The average molecular weight is 622 g/mol. The summed E-state index contributed by atoms with van der Waals surface area (Å²) >= 11 is 0. The Morgan fingerprint density at radius 3 is 0.471 bits per heavy atom. The summed E-state index contributed by atoms with van der Waals surface area (Å²) in [6.45, 7) is 0. The Labute approximate surface area is 176 Å². The standard InChI is InChI=1S/3O3Si.3O.2Yb/c3*1-4(2)3;;;;;/q6*-2;2*+3. The SMILES string of the molecule is O=[Si]([O-])[O-].O=[Si]([O-])[O-].O=[Si]([O-])[O-].[O-2].[O-2].[O-2].[Yb+3].[Yb+3]. The van der Waals surface area contributed by atoms with Crippen molar-refractivity contribution in [3.63, 3.8) is 0 Å². The summed E-state index contributed by atoms with van der Waals surface area (Å²) in [5.74, 6) is 0. The molecule has 118 valence electrons. The molecule has 0 aromatic heterocycles. The van der Waals surface area contributed by atoms with Gasteiger partial charge in [0.15, 0.2) is 0 Å². The van der Waals surface area contributed by atoms with Gasteiger partial charge in [-0.15, -0.1) is 0 Å². The molecule has 0 spiro atoms. The molecule has 0 aliphatic carbocycles. The van der Waals surface area contributed by atoms with Crippen molar-refractivity contribution in [1.29, 1.82) is 0 Å². The maximum absolute atomic E-state index is 8.52. The van der Waals surface area contributed by atoms with Gasteiger partial charge in [0.2, 0.25) is 0 Å². The molecule has 0 bridgehead atoms. The first kappa shape index (κ1) is 51.1. The molecule has 0 heterocycles. The predicted molar refractivity (Wildman–Crippen MR) is 21.4 cm³/mol. The average Bonchev–Trinajstić information content (AvgIpc) is 1.54. The van der Waals surface area contributed by atoms with Crippen molar-refractivity contribution in [3.05, 3.63) is 0 Å². The van der Waals surface area contributed by atoms with Crippen LogP contribution in [-0.2, 0) is 29.8 Å². The van der Waals surface area contributed by atoms with E-state index in [1.165, 1.54) is 0 Å². The minimum absolute atomic E-state index is 0. The zero-order valence-electron chi connectivity index (χ0n) is 6.93. The molecule has 2 radical (unpaired) electrons. The maximum Gasteiger partial charge on any atom is 3.00 e. The van der Waals surface area contributed by atoms with E-state index in [9.17, 15) is 0 Å². The Morgan fingerprint density at radius 1 is 0.471 bits per heavy atom. The monoisotopic (exact) mass is 624 g/mol. The number of hydrogen-bond donors (Lipinski definition) is 0. The predicted octanol–water partition coefficient (Wildman–Crippen LogP) is -8.99. The van der Waals surface area contributed by atoms with Gasteiger partial charge in [-0.25, -0.2) is 0 Å². The molecule has 0 amide bonds. The molecular weight excluding hydrogens is 622 g/mol. The van der Waals surface area contributed by atoms with Gasteiger partial charge in [-0.05, 0) is 0 Å². The number of rotatable bonds is 0. The van der Waals surface area contributed by atoms with Crippen molar-refractivity contribution in [2.24, 2.45) is 0 Å². The van der Waals surface area contributed by atoms with Crippen LogP contribution in [0.3, 0.4) is 0 Å². The van der Waals surface area contributed by atoms with Gasteiger partial charge in [0, 0.05) is 27.5 Å². The van der Waals surface area contributed by atoms with Crippen LogP contribution in [0, 0.1) is 93.8 Å². The quantitative estimate of drug-likeness (QED) is 0.232. The molecule has 0 rings (SSSR count). The molecule has 0 aliphatic heterocycles. The third-order valence-electron chi connectivity index (χ3n) is 0. The summed E-state index contributed by atoms with van der Waals surface area (Å²) in [7, 11) is -10.9. The first-order valence-electron chi connectivity index (χ1n) is 1.84. The second kappa shape index (κ2) is 43.1. The topological polar surface area (TPSA) is 275 Å². The Balaban J connectivity index is -0.0000000104. The van der Waals surface area contributed by atoms with E-state index in [2.05, 4.69) is 0 Å². The molecule has 17 heteroatoms. The Hall–Kier alpha value is 1.77. The fourth-order valence-electron chi connectivity index (χ4n) is 0. The summed E-state index contributed by atoms with van der Waals surface area (Å²) in [5, 5.41) is 0. The van der Waals surface area contributed by atoms with Crippen LogP contribution in [0.25, 0.3) is 0 Å². The summed E-state index contributed by atoms with van der Waals surface area (Å²) in [6, 6.07) is 0. The molecule has 0 saturated carbocycles. The Bertz CT molecular complexity index is 117. The molecule has 0 saturated heterocycles. The first-order chi connectivity index (χ1) is 5.20. The van der Waals surface area contributed by atoms with E-state index in [1.54, 1.807) is 0 Å². The molecule has 0 unspecified atom stereocenters. The van der Waals surface area contributed by atoms with E-state index in [0.29, 0.717) is 0 Å². The molecule has 0 aromatic carbocycles. The molecular formula is O12Si3Yb2-6. The van der Waals surface area contributed by atoms with Crippen LogP contribution in [0.5, 0.6) is 0 Å². The van der Waals surface area contributed by atoms with Gasteiger partial charge >= 0.3 is 93.8 Å². The largest absolute Gasteiger partial charge is 3.00 e. The molecule has 12 nitrogen and oxygen atoms in total. The molecule has 17 heavy (non-hydrogen) atoms. The van der Waals surface area contributed by atoms with E-state index >= 15 is 0 Å². The summed E-state index contributed by atoms with van der Waals surface area (Å²) < 4.78 is 25.6. The van der Waals surface area contributed by atoms with Crippen molar-refractivity contribution >= 4 is 27.5 Å². The van der Waals surface area contributed by atoms with Crippen LogP contribution in [0.15, 0.2) is 0 Å². The normalized spacial score (nSPS) is 4.24. The third-order valence-corrected chi connectivity index (χ3v) is 0. The first-order valence-corrected chi connectivity index (χ1v) is 5.51. The minimum atomic E-state index is -3.63. The van der Waals surface area contributed by atoms with Crippen LogP contribution < -0.4 is 28.8 Å².